The highest BCUT2D eigenvalue weighted by Crippen LogP contribution is 2.33. The largest absolute Gasteiger partial charge is 0.478 e. The first-order chi connectivity index (χ1) is 11.2. The third-order valence-electron chi connectivity index (χ3n) is 4.09. The first kappa shape index (κ1) is 13.8. The lowest BCUT2D eigenvalue weighted by Gasteiger charge is -2.06. The molecule has 0 radical (unpaired) electrons. The van der Waals surface area contributed by atoms with E-state index in [1.165, 1.54) is 31.3 Å². The van der Waals surface area contributed by atoms with E-state index in [2.05, 4.69) is 15.4 Å². The number of nitrogens with zero attached hydrogens (tertiary/aromatic N) is 3. The van der Waals surface area contributed by atoms with Gasteiger partial charge in [-0.2, -0.15) is 5.10 Å². The highest BCUT2D eigenvalue weighted by molar-refractivity contribution is 5.97. The average Bonchev–Trinajstić information content (AvgIpc) is 3.31. The molecule has 1 aliphatic rings. The van der Waals surface area contributed by atoms with E-state index >= 15 is 0 Å². The molecule has 23 heavy (non-hydrogen) atoms. The highest BCUT2D eigenvalue weighted by Gasteiger charge is 2.24. The first-order valence-electron chi connectivity index (χ1n) is 7.62. The van der Waals surface area contributed by atoms with Crippen molar-refractivity contribution >= 4 is 28.4 Å². The number of fused-ring (bicyclic) bond motifs is 1. The number of pyridine rings is 1. The third-order valence-corrected chi connectivity index (χ3v) is 4.09. The predicted molar refractivity (Wildman–Crippen MR) is 86.9 cm³/mol. The van der Waals surface area contributed by atoms with Gasteiger partial charge in [-0.15, -0.1) is 0 Å². The van der Waals surface area contributed by atoms with E-state index in [1.807, 2.05) is 28.9 Å². The molecule has 0 aliphatic heterocycles. The number of para-hydroxylation sites is 1. The maximum absolute atomic E-state index is 11.3. The Morgan fingerprint density at radius 1 is 1.30 bits per heavy atom. The molecular formula is C17H16N4O2. The maximum Gasteiger partial charge on any atom is 0.337 e. The van der Waals surface area contributed by atoms with Gasteiger partial charge >= 0.3 is 5.97 Å². The van der Waals surface area contributed by atoms with Crippen molar-refractivity contribution in [2.45, 2.75) is 19.4 Å². The summed E-state index contributed by atoms with van der Waals surface area (Å²) >= 11 is 0. The normalized spacial score (nSPS) is 14.1. The molecule has 4 rings (SSSR count). The van der Waals surface area contributed by atoms with Crippen LogP contribution in [-0.4, -0.2) is 25.8 Å². The van der Waals surface area contributed by atoms with Gasteiger partial charge in [-0.1, -0.05) is 12.1 Å². The Bertz CT molecular complexity index is 883. The summed E-state index contributed by atoms with van der Waals surface area (Å²) in [5.74, 6) is 0.382. The second-order valence-electron chi connectivity index (χ2n) is 5.84. The molecule has 1 saturated carbocycles. The summed E-state index contributed by atoms with van der Waals surface area (Å²) in [6.07, 6.45) is 5.49. The zero-order valence-electron chi connectivity index (χ0n) is 12.4. The van der Waals surface area contributed by atoms with Crippen LogP contribution in [0.5, 0.6) is 0 Å². The number of carboxylic acid groups (broad SMARTS) is 1. The second-order valence-corrected chi connectivity index (χ2v) is 5.84. The van der Waals surface area contributed by atoms with Gasteiger partial charge in [-0.25, -0.2) is 4.79 Å². The van der Waals surface area contributed by atoms with Crippen LogP contribution >= 0.6 is 0 Å². The van der Waals surface area contributed by atoms with E-state index in [9.17, 15) is 9.90 Å². The number of aromatic carboxylic acids is 1. The lowest BCUT2D eigenvalue weighted by Crippen LogP contribution is -2.05. The minimum atomic E-state index is -0.989. The smallest absolute Gasteiger partial charge is 0.337 e. The minimum Gasteiger partial charge on any atom is -0.478 e. The van der Waals surface area contributed by atoms with Gasteiger partial charge in [0.15, 0.2) is 5.82 Å². The van der Waals surface area contributed by atoms with Crippen molar-refractivity contribution in [3.8, 4) is 0 Å². The van der Waals surface area contributed by atoms with E-state index in [1.54, 1.807) is 0 Å². The summed E-state index contributed by atoms with van der Waals surface area (Å²) in [5.41, 5.74) is 1.69. The maximum atomic E-state index is 11.3. The van der Waals surface area contributed by atoms with E-state index in [0.29, 0.717) is 17.4 Å². The molecule has 2 heterocycles. The zero-order chi connectivity index (χ0) is 15.8. The third kappa shape index (κ3) is 2.63. The van der Waals surface area contributed by atoms with Crippen LogP contribution in [0.15, 0.2) is 42.7 Å². The fourth-order valence-corrected chi connectivity index (χ4v) is 2.71. The SMILES string of the molecule is O=C(O)c1ccncc1Nc1nn(CC2CC2)c2ccccc12. The molecule has 2 aromatic heterocycles. The van der Waals surface area contributed by atoms with Gasteiger partial charge in [0.1, 0.15) is 0 Å². The molecule has 2 N–H and O–H groups in total. The van der Waals surface area contributed by atoms with Crippen molar-refractivity contribution in [3.63, 3.8) is 0 Å². The summed E-state index contributed by atoms with van der Waals surface area (Å²) in [5, 5.41) is 18.1. The molecule has 6 heteroatoms. The quantitative estimate of drug-likeness (QED) is 0.756. The lowest BCUT2D eigenvalue weighted by atomic mass is 10.2. The number of aromatic nitrogens is 3. The molecule has 0 spiro atoms. The van der Waals surface area contributed by atoms with Gasteiger partial charge in [0.25, 0.3) is 0 Å². The summed E-state index contributed by atoms with van der Waals surface area (Å²) in [4.78, 5) is 15.3. The van der Waals surface area contributed by atoms with Crippen molar-refractivity contribution in [3.05, 3.63) is 48.3 Å². The molecule has 0 saturated heterocycles. The topological polar surface area (TPSA) is 80.0 Å². The van der Waals surface area contributed by atoms with Crippen LogP contribution in [0.25, 0.3) is 10.9 Å². The molecule has 6 nitrogen and oxygen atoms in total. The number of anilines is 2. The van der Waals surface area contributed by atoms with Crippen molar-refractivity contribution < 1.29 is 9.90 Å². The van der Waals surface area contributed by atoms with Gasteiger partial charge in [0.2, 0.25) is 0 Å². The van der Waals surface area contributed by atoms with Gasteiger partial charge < -0.3 is 10.4 Å². The standard InChI is InChI=1S/C17H16N4O2/c22-17(23)12-7-8-18-9-14(12)19-16-13-3-1-2-4-15(13)21(20-16)10-11-5-6-11/h1-4,7-9,11H,5-6,10H2,(H,19,20)(H,22,23). The van der Waals surface area contributed by atoms with E-state index < -0.39 is 5.97 Å². The Labute approximate surface area is 132 Å². The molecule has 1 aliphatic carbocycles. The number of hydrogen-bond acceptors (Lipinski definition) is 4. The van der Waals surface area contributed by atoms with Crippen LogP contribution < -0.4 is 5.32 Å². The van der Waals surface area contributed by atoms with Crippen molar-refractivity contribution in [1.82, 2.24) is 14.8 Å². The highest BCUT2D eigenvalue weighted by atomic mass is 16.4. The van der Waals surface area contributed by atoms with Gasteiger partial charge in [-0.3, -0.25) is 9.67 Å². The molecule has 1 fully saturated rings. The zero-order valence-corrected chi connectivity index (χ0v) is 12.4. The van der Waals surface area contributed by atoms with Gasteiger partial charge in [-0.05, 0) is 37.0 Å². The summed E-state index contributed by atoms with van der Waals surface area (Å²) in [6, 6.07) is 9.46. The molecule has 0 unspecified atom stereocenters. The average molecular weight is 308 g/mol. The van der Waals surface area contributed by atoms with Crippen LogP contribution in [0, 0.1) is 5.92 Å². The van der Waals surface area contributed by atoms with Crippen molar-refractivity contribution in [1.29, 1.82) is 0 Å². The lowest BCUT2D eigenvalue weighted by molar-refractivity contribution is 0.0698. The van der Waals surface area contributed by atoms with Crippen LogP contribution in [0.2, 0.25) is 0 Å². The van der Waals surface area contributed by atoms with Crippen LogP contribution in [0.3, 0.4) is 0 Å². The summed E-state index contributed by atoms with van der Waals surface area (Å²) in [6.45, 7) is 0.904. The molecule has 0 bridgehead atoms. The van der Waals surface area contributed by atoms with E-state index in [-0.39, 0.29) is 5.56 Å². The monoisotopic (exact) mass is 308 g/mol. The van der Waals surface area contributed by atoms with E-state index in [4.69, 9.17) is 0 Å². The van der Waals surface area contributed by atoms with Crippen molar-refractivity contribution in [2.75, 3.05) is 5.32 Å². The molecule has 1 aromatic carbocycles. The molecule has 3 aromatic rings. The summed E-state index contributed by atoms with van der Waals surface area (Å²) in [7, 11) is 0. The molecular weight excluding hydrogens is 292 g/mol. The fourth-order valence-electron chi connectivity index (χ4n) is 2.71. The molecule has 0 amide bonds. The Balaban J connectivity index is 1.76. The number of carbonyl (C=O) groups is 1. The number of carboxylic acids is 1. The Kier molecular flexibility index (Phi) is 3.22. The summed E-state index contributed by atoms with van der Waals surface area (Å²) < 4.78 is 2.01. The Morgan fingerprint density at radius 3 is 2.91 bits per heavy atom. The van der Waals surface area contributed by atoms with Crippen molar-refractivity contribution in [2.24, 2.45) is 5.92 Å². The first-order valence-corrected chi connectivity index (χ1v) is 7.62. The van der Waals surface area contributed by atoms with Gasteiger partial charge in [0, 0.05) is 18.1 Å². The number of hydrogen-bond donors (Lipinski definition) is 2. The number of rotatable bonds is 5. The van der Waals surface area contributed by atoms with Crippen LogP contribution in [0.1, 0.15) is 23.2 Å². The number of benzene rings is 1. The number of nitrogens with one attached hydrogen (secondary N) is 1. The fraction of sp³-hybridized carbons (Fsp3) is 0.235. The predicted octanol–water partition coefficient (Wildman–Crippen LogP) is 3.28. The van der Waals surface area contributed by atoms with Crippen LogP contribution in [0.4, 0.5) is 11.5 Å². The minimum absolute atomic E-state index is 0.181. The van der Waals surface area contributed by atoms with Crippen LogP contribution in [-0.2, 0) is 6.54 Å². The van der Waals surface area contributed by atoms with E-state index in [0.717, 1.165) is 17.4 Å². The second kappa shape index (κ2) is 5.39. The molecule has 116 valence electrons. The van der Waals surface area contributed by atoms with Gasteiger partial charge in [0.05, 0.1) is 23.0 Å². The Morgan fingerprint density at radius 2 is 2.13 bits per heavy atom. The molecule has 0 atom stereocenters. The Hall–Kier alpha value is -2.89.